The predicted molar refractivity (Wildman–Crippen MR) is 84.2 cm³/mol. The fourth-order valence-electron chi connectivity index (χ4n) is 1.92. The third-order valence-electron chi connectivity index (χ3n) is 3.40. The number of carbonyl (C=O) groups excluding carboxylic acids is 2. The number of hydrogen-bond acceptors (Lipinski definition) is 3. The molecule has 0 spiro atoms. The Morgan fingerprint density at radius 3 is 1.95 bits per heavy atom. The van der Waals surface area contributed by atoms with Gasteiger partial charge < -0.3 is 4.84 Å². The maximum Gasteiger partial charge on any atom is 0.363 e. The fourth-order valence-corrected chi connectivity index (χ4v) is 1.92. The van der Waals surface area contributed by atoms with Crippen LogP contribution in [0.25, 0.3) is 0 Å². The zero-order valence-electron chi connectivity index (χ0n) is 12.7. The molecule has 2 aromatic rings. The van der Waals surface area contributed by atoms with Gasteiger partial charge in [-0.2, -0.15) is 5.06 Å². The van der Waals surface area contributed by atoms with Crippen molar-refractivity contribution in [1.82, 2.24) is 5.06 Å². The molecule has 0 saturated carbocycles. The molecule has 4 nitrogen and oxygen atoms in total. The summed E-state index contributed by atoms with van der Waals surface area (Å²) in [5.41, 5.74) is 0.903. The molecule has 0 aliphatic heterocycles. The van der Waals surface area contributed by atoms with Crippen molar-refractivity contribution < 1.29 is 14.4 Å². The smallest absolute Gasteiger partial charge is 0.332 e. The van der Waals surface area contributed by atoms with Crippen molar-refractivity contribution in [3.8, 4) is 0 Å². The molecule has 2 rings (SSSR count). The lowest BCUT2D eigenvalue weighted by Crippen LogP contribution is -2.40. The van der Waals surface area contributed by atoms with E-state index in [0.29, 0.717) is 17.5 Å². The minimum absolute atomic E-state index is 0.208. The molecular formula is C18H19NO3. The Morgan fingerprint density at radius 2 is 1.45 bits per heavy atom. The molecule has 22 heavy (non-hydrogen) atoms. The molecule has 0 fully saturated rings. The molecule has 2 aromatic carbocycles. The first-order chi connectivity index (χ1) is 10.6. The molecule has 0 radical (unpaired) electrons. The van der Waals surface area contributed by atoms with E-state index in [0.717, 1.165) is 5.06 Å². The average Bonchev–Trinajstić information content (AvgIpc) is 2.59. The molecular weight excluding hydrogens is 278 g/mol. The van der Waals surface area contributed by atoms with Crippen LogP contribution in [0, 0.1) is 0 Å². The Labute approximate surface area is 130 Å². The van der Waals surface area contributed by atoms with Crippen LogP contribution < -0.4 is 0 Å². The molecule has 0 bridgehead atoms. The number of amides is 1. The third-order valence-corrected chi connectivity index (χ3v) is 3.40. The van der Waals surface area contributed by atoms with Gasteiger partial charge in [-0.25, -0.2) is 4.79 Å². The zero-order valence-corrected chi connectivity index (χ0v) is 12.7. The van der Waals surface area contributed by atoms with E-state index in [9.17, 15) is 9.59 Å². The lowest BCUT2D eigenvalue weighted by molar-refractivity contribution is -0.102. The lowest BCUT2D eigenvalue weighted by Gasteiger charge is -2.26. The van der Waals surface area contributed by atoms with Crippen molar-refractivity contribution in [2.75, 3.05) is 0 Å². The monoisotopic (exact) mass is 297 g/mol. The first-order valence-corrected chi connectivity index (χ1v) is 7.29. The van der Waals surface area contributed by atoms with Crippen LogP contribution >= 0.6 is 0 Å². The summed E-state index contributed by atoms with van der Waals surface area (Å²) in [5.74, 6) is -0.857. The zero-order chi connectivity index (χ0) is 15.9. The van der Waals surface area contributed by atoms with E-state index in [2.05, 4.69) is 0 Å². The van der Waals surface area contributed by atoms with Gasteiger partial charge in [-0.15, -0.1) is 0 Å². The summed E-state index contributed by atoms with van der Waals surface area (Å²) in [6.07, 6.45) is 0.681. The highest BCUT2D eigenvalue weighted by atomic mass is 16.7. The van der Waals surface area contributed by atoms with Crippen molar-refractivity contribution in [2.45, 2.75) is 26.3 Å². The van der Waals surface area contributed by atoms with E-state index in [1.165, 1.54) is 0 Å². The van der Waals surface area contributed by atoms with Crippen LogP contribution in [-0.4, -0.2) is 23.0 Å². The van der Waals surface area contributed by atoms with E-state index in [4.69, 9.17) is 4.84 Å². The molecule has 0 aromatic heterocycles. The summed E-state index contributed by atoms with van der Waals surface area (Å²) in [4.78, 5) is 30.1. The van der Waals surface area contributed by atoms with Gasteiger partial charge in [0, 0.05) is 5.56 Å². The first-order valence-electron chi connectivity index (χ1n) is 7.29. The van der Waals surface area contributed by atoms with E-state index in [1.807, 2.05) is 26.0 Å². The highest BCUT2D eigenvalue weighted by molar-refractivity contribution is 5.96. The number of rotatable bonds is 4. The van der Waals surface area contributed by atoms with Crippen LogP contribution in [0.4, 0.5) is 0 Å². The van der Waals surface area contributed by atoms with Gasteiger partial charge in [0.05, 0.1) is 11.6 Å². The second-order valence-electron chi connectivity index (χ2n) is 5.00. The fraction of sp³-hybridized carbons (Fsp3) is 0.222. The summed E-state index contributed by atoms with van der Waals surface area (Å²) in [5, 5.41) is 1.16. The number of benzene rings is 2. The standard InChI is InChI=1S/C18H19NO3/c1-3-14(2)19(17(20)15-10-6-4-7-11-15)22-18(21)16-12-8-5-9-13-16/h4-14H,3H2,1-2H3. The van der Waals surface area contributed by atoms with Crippen LogP contribution in [0.15, 0.2) is 60.7 Å². The predicted octanol–water partition coefficient (Wildman–Crippen LogP) is 3.70. The van der Waals surface area contributed by atoms with Gasteiger partial charge in [0.25, 0.3) is 5.91 Å². The topological polar surface area (TPSA) is 46.6 Å². The number of hydrogen-bond donors (Lipinski definition) is 0. The Morgan fingerprint density at radius 1 is 0.955 bits per heavy atom. The molecule has 114 valence electrons. The molecule has 0 N–H and O–H groups in total. The number of hydroxylamine groups is 2. The van der Waals surface area contributed by atoms with Crippen LogP contribution in [-0.2, 0) is 4.84 Å². The maximum atomic E-state index is 12.6. The van der Waals surface area contributed by atoms with Crippen LogP contribution in [0.5, 0.6) is 0 Å². The lowest BCUT2D eigenvalue weighted by atomic mass is 10.2. The number of carbonyl (C=O) groups is 2. The highest BCUT2D eigenvalue weighted by Gasteiger charge is 2.25. The van der Waals surface area contributed by atoms with Crippen molar-refractivity contribution in [3.05, 3.63) is 71.8 Å². The Bertz CT molecular complexity index is 625. The summed E-state index contributed by atoms with van der Waals surface area (Å²) in [6, 6.07) is 17.2. The van der Waals surface area contributed by atoms with E-state index >= 15 is 0 Å². The SMILES string of the molecule is CCC(C)N(OC(=O)c1ccccc1)C(=O)c1ccccc1. The minimum atomic E-state index is -0.537. The highest BCUT2D eigenvalue weighted by Crippen LogP contribution is 2.13. The van der Waals surface area contributed by atoms with Gasteiger partial charge in [0.2, 0.25) is 0 Å². The summed E-state index contributed by atoms with van der Waals surface area (Å²) in [6.45, 7) is 3.78. The van der Waals surface area contributed by atoms with Crippen molar-refractivity contribution in [2.24, 2.45) is 0 Å². The van der Waals surface area contributed by atoms with E-state index in [-0.39, 0.29) is 11.9 Å². The number of nitrogens with zero attached hydrogens (tertiary/aromatic N) is 1. The molecule has 1 unspecified atom stereocenters. The van der Waals surface area contributed by atoms with Gasteiger partial charge in [0.1, 0.15) is 0 Å². The molecule has 0 saturated heterocycles. The van der Waals surface area contributed by atoms with Crippen molar-refractivity contribution >= 4 is 11.9 Å². The van der Waals surface area contributed by atoms with Crippen LogP contribution in [0.3, 0.4) is 0 Å². The van der Waals surface area contributed by atoms with Crippen LogP contribution in [0.2, 0.25) is 0 Å². The summed E-state index contributed by atoms with van der Waals surface area (Å²) < 4.78 is 0. The molecule has 1 amide bonds. The van der Waals surface area contributed by atoms with Gasteiger partial charge in [-0.1, -0.05) is 43.3 Å². The molecule has 1 atom stereocenters. The second-order valence-corrected chi connectivity index (χ2v) is 5.00. The maximum absolute atomic E-state index is 12.6. The van der Waals surface area contributed by atoms with Gasteiger partial charge in [-0.3, -0.25) is 4.79 Å². The largest absolute Gasteiger partial charge is 0.363 e. The molecule has 0 aliphatic rings. The summed E-state index contributed by atoms with van der Waals surface area (Å²) >= 11 is 0. The third kappa shape index (κ3) is 3.73. The molecule has 0 aliphatic carbocycles. The Balaban J connectivity index is 2.20. The first kappa shape index (κ1) is 15.8. The van der Waals surface area contributed by atoms with Gasteiger partial charge in [-0.05, 0) is 37.6 Å². The second kappa shape index (κ2) is 7.41. The van der Waals surface area contributed by atoms with E-state index < -0.39 is 5.97 Å². The Kier molecular flexibility index (Phi) is 5.31. The van der Waals surface area contributed by atoms with Gasteiger partial charge >= 0.3 is 5.97 Å². The quantitative estimate of drug-likeness (QED) is 0.808. The van der Waals surface area contributed by atoms with E-state index in [1.54, 1.807) is 48.5 Å². The van der Waals surface area contributed by atoms with Crippen molar-refractivity contribution in [3.63, 3.8) is 0 Å². The normalized spacial score (nSPS) is 11.5. The average molecular weight is 297 g/mol. The minimum Gasteiger partial charge on any atom is -0.332 e. The van der Waals surface area contributed by atoms with Gasteiger partial charge in [0.15, 0.2) is 0 Å². The molecule has 0 heterocycles. The molecule has 4 heteroatoms. The van der Waals surface area contributed by atoms with Crippen LogP contribution in [0.1, 0.15) is 41.0 Å². The van der Waals surface area contributed by atoms with Crippen molar-refractivity contribution in [1.29, 1.82) is 0 Å². The Hall–Kier alpha value is -2.62. The summed E-state index contributed by atoms with van der Waals surface area (Å²) in [7, 11) is 0.